The second-order valence-corrected chi connectivity index (χ2v) is 10.3. The molecule has 196 valence electrons. The maximum atomic E-state index is 13.7. The SMILES string of the molecule is CN(C)C(=O)C(=O)c1ccc(O)c2c1C[C@H]1C[C@H]3[C@H](N(C)C)C(=O)C(C(N)=O)C(=O)[C@@]3(O)C(=O)C1C2=O. The number of fused-ring (bicyclic) bond motifs is 3. The number of ketones is 5. The Hall–Kier alpha value is -3.77. The minimum Gasteiger partial charge on any atom is -0.507 e. The fourth-order valence-electron chi connectivity index (χ4n) is 6.14. The number of carbonyl (C=O) groups is 7. The van der Waals surface area contributed by atoms with Gasteiger partial charge in [-0.25, -0.2) is 0 Å². The van der Waals surface area contributed by atoms with Crippen molar-refractivity contribution in [2.75, 3.05) is 28.2 Å². The van der Waals surface area contributed by atoms with Crippen LogP contribution in [0.4, 0.5) is 0 Å². The van der Waals surface area contributed by atoms with Crippen LogP contribution in [0.15, 0.2) is 12.1 Å². The highest BCUT2D eigenvalue weighted by Gasteiger charge is 2.69. The van der Waals surface area contributed by atoms with E-state index in [0.717, 1.165) is 11.0 Å². The van der Waals surface area contributed by atoms with Gasteiger partial charge in [-0.1, -0.05) is 0 Å². The van der Waals surface area contributed by atoms with Gasteiger partial charge in [0.25, 0.3) is 11.7 Å². The third-order valence-electron chi connectivity index (χ3n) is 7.79. The van der Waals surface area contributed by atoms with Crippen LogP contribution in [-0.2, 0) is 30.4 Å². The minimum absolute atomic E-state index is 0.0783. The first kappa shape index (κ1) is 26.3. The number of likely N-dealkylation sites (N-methyl/N-ethyl adjacent to an activating group) is 2. The van der Waals surface area contributed by atoms with Crippen molar-refractivity contribution in [3.63, 3.8) is 0 Å². The van der Waals surface area contributed by atoms with Gasteiger partial charge in [0, 0.05) is 25.6 Å². The zero-order valence-corrected chi connectivity index (χ0v) is 20.7. The number of hydrogen-bond donors (Lipinski definition) is 3. The Kier molecular flexibility index (Phi) is 6.16. The van der Waals surface area contributed by atoms with E-state index in [4.69, 9.17) is 5.73 Å². The molecular weight excluding hydrogens is 486 g/mol. The van der Waals surface area contributed by atoms with Gasteiger partial charge in [0.1, 0.15) is 5.75 Å². The van der Waals surface area contributed by atoms with E-state index in [1.807, 2.05) is 0 Å². The summed E-state index contributed by atoms with van der Waals surface area (Å²) in [7, 11) is 5.73. The molecule has 0 radical (unpaired) electrons. The van der Waals surface area contributed by atoms with Gasteiger partial charge in [-0.05, 0) is 50.6 Å². The molecule has 3 aliphatic carbocycles. The number of phenols is 1. The summed E-state index contributed by atoms with van der Waals surface area (Å²) in [6.45, 7) is 0. The molecule has 0 aromatic heterocycles. The summed E-state index contributed by atoms with van der Waals surface area (Å²) in [6.07, 6.45) is -0.267. The van der Waals surface area contributed by atoms with E-state index < -0.39 is 81.8 Å². The smallest absolute Gasteiger partial charge is 0.294 e. The van der Waals surface area contributed by atoms with Gasteiger partial charge in [-0.2, -0.15) is 0 Å². The van der Waals surface area contributed by atoms with Crippen LogP contribution >= 0.6 is 0 Å². The van der Waals surface area contributed by atoms with E-state index in [1.165, 1.54) is 39.2 Å². The number of carbonyl (C=O) groups excluding carboxylic acids is 7. The first-order valence-electron chi connectivity index (χ1n) is 11.6. The van der Waals surface area contributed by atoms with E-state index >= 15 is 0 Å². The van der Waals surface area contributed by atoms with Gasteiger partial charge >= 0.3 is 0 Å². The van der Waals surface area contributed by atoms with Gasteiger partial charge in [-0.15, -0.1) is 0 Å². The summed E-state index contributed by atoms with van der Waals surface area (Å²) in [6, 6.07) is 1.05. The molecule has 2 unspecified atom stereocenters. The number of benzene rings is 1. The van der Waals surface area contributed by atoms with Crippen molar-refractivity contribution in [1.82, 2.24) is 9.80 Å². The molecule has 0 saturated heterocycles. The fraction of sp³-hybridized carbons (Fsp3) is 0.480. The zero-order valence-electron chi connectivity index (χ0n) is 20.7. The maximum absolute atomic E-state index is 13.7. The summed E-state index contributed by atoms with van der Waals surface area (Å²) in [5, 5.41) is 22.0. The van der Waals surface area contributed by atoms with Crippen LogP contribution in [-0.4, -0.2) is 101 Å². The number of phenolic OH excluding ortho intramolecular Hbond substituents is 1. The third kappa shape index (κ3) is 3.54. The van der Waals surface area contributed by atoms with Crippen LogP contribution in [0.3, 0.4) is 0 Å². The molecule has 3 aliphatic rings. The van der Waals surface area contributed by atoms with Crippen molar-refractivity contribution in [3.8, 4) is 5.75 Å². The predicted octanol–water partition coefficient (Wildman–Crippen LogP) is -1.86. The molecule has 12 nitrogen and oxygen atoms in total. The molecule has 0 aliphatic heterocycles. The van der Waals surface area contributed by atoms with Gasteiger partial charge in [-0.3, -0.25) is 38.5 Å². The number of aromatic hydroxyl groups is 1. The molecule has 37 heavy (non-hydrogen) atoms. The third-order valence-corrected chi connectivity index (χ3v) is 7.79. The van der Waals surface area contributed by atoms with Gasteiger partial charge in [0.15, 0.2) is 34.7 Å². The molecule has 0 spiro atoms. The van der Waals surface area contributed by atoms with Crippen LogP contribution in [0.25, 0.3) is 0 Å². The monoisotopic (exact) mass is 513 g/mol. The first-order chi connectivity index (χ1) is 17.2. The molecule has 1 aromatic rings. The number of hydrogen-bond acceptors (Lipinski definition) is 10. The number of Topliss-reactive ketones (excluding diaryl/α,β-unsaturated/α-hetero) is 5. The van der Waals surface area contributed by atoms with Crippen LogP contribution in [0.5, 0.6) is 5.75 Å². The first-order valence-corrected chi connectivity index (χ1v) is 11.6. The normalized spacial score (nSPS) is 30.9. The molecule has 2 saturated carbocycles. The molecule has 2 amide bonds. The molecule has 0 bridgehead atoms. The topological polar surface area (TPSA) is 192 Å². The second kappa shape index (κ2) is 8.67. The fourth-order valence-corrected chi connectivity index (χ4v) is 6.14. The summed E-state index contributed by atoms with van der Waals surface area (Å²) < 4.78 is 0. The summed E-state index contributed by atoms with van der Waals surface area (Å²) >= 11 is 0. The Morgan fingerprint density at radius 1 is 1.03 bits per heavy atom. The molecule has 0 heterocycles. The van der Waals surface area contributed by atoms with E-state index in [1.54, 1.807) is 0 Å². The molecular formula is C25H27N3O9. The molecule has 4 rings (SSSR count). The average Bonchev–Trinajstić information content (AvgIpc) is 2.80. The second-order valence-electron chi connectivity index (χ2n) is 10.3. The van der Waals surface area contributed by atoms with E-state index in [0.29, 0.717) is 0 Å². The lowest BCUT2D eigenvalue weighted by atomic mass is 9.52. The van der Waals surface area contributed by atoms with E-state index in [-0.39, 0.29) is 29.5 Å². The molecule has 1 aromatic carbocycles. The number of aliphatic hydroxyl groups is 1. The minimum atomic E-state index is -2.83. The number of amides is 2. The molecule has 6 atom stereocenters. The lowest BCUT2D eigenvalue weighted by Gasteiger charge is -2.52. The molecule has 2 fully saturated rings. The maximum Gasteiger partial charge on any atom is 0.294 e. The van der Waals surface area contributed by atoms with Crippen molar-refractivity contribution in [2.45, 2.75) is 24.5 Å². The number of nitrogens with two attached hydrogens (primary N) is 1. The van der Waals surface area contributed by atoms with Crippen molar-refractivity contribution < 1.29 is 43.8 Å². The average molecular weight is 514 g/mol. The summed E-state index contributed by atoms with van der Waals surface area (Å²) in [5.41, 5.74) is 2.08. The lowest BCUT2D eigenvalue weighted by molar-refractivity contribution is -0.181. The van der Waals surface area contributed by atoms with Crippen LogP contribution < -0.4 is 5.73 Å². The Labute approximate surface area is 211 Å². The van der Waals surface area contributed by atoms with Crippen molar-refractivity contribution in [1.29, 1.82) is 0 Å². The molecule has 4 N–H and O–H groups in total. The van der Waals surface area contributed by atoms with Gasteiger partial charge in [0.05, 0.1) is 17.5 Å². The van der Waals surface area contributed by atoms with Crippen LogP contribution in [0.2, 0.25) is 0 Å². The molecule has 12 heteroatoms. The van der Waals surface area contributed by atoms with E-state index in [9.17, 15) is 43.8 Å². The Balaban J connectivity index is 1.87. The highest BCUT2D eigenvalue weighted by molar-refractivity contribution is 6.43. The van der Waals surface area contributed by atoms with Crippen LogP contribution in [0, 0.1) is 23.7 Å². The van der Waals surface area contributed by atoms with Gasteiger partial charge < -0.3 is 20.8 Å². The zero-order chi connectivity index (χ0) is 27.7. The highest BCUT2D eigenvalue weighted by Crippen LogP contribution is 2.51. The predicted molar refractivity (Wildman–Crippen MR) is 124 cm³/mol. The lowest BCUT2D eigenvalue weighted by Crippen LogP contribution is -2.74. The number of nitrogens with zero attached hydrogens (tertiary/aromatic N) is 2. The largest absolute Gasteiger partial charge is 0.507 e. The Morgan fingerprint density at radius 3 is 2.19 bits per heavy atom. The van der Waals surface area contributed by atoms with Crippen molar-refractivity contribution in [3.05, 3.63) is 28.8 Å². The van der Waals surface area contributed by atoms with Gasteiger partial charge in [0.2, 0.25) is 5.91 Å². The quantitative estimate of drug-likeness (QED) is 0.233. The van der Waals surface area contributed by atoms with E-state index in [2.05, 4.69) is 0 Å². The summed E-state index contributed by atoms with van der Waals surface area (Å²) in [5.74, 6) is -13.7. The number of primary amides is 1. The highest BCUT2D eigenvalue weighted by atomic mass is 16.3. The van der Waals surface area contributed by atoms with Crippen LogP contribution in [0.1, 0.15) is 32.7 Å². The van der Waals surface area contributed by atoms with Crippen molar-refractivity contribution in [2.24, 2.45) is 29.4 Å². The Bertz CT molecular complexity index is 1300. The standard InChI is InChI=1S/C25H27N3O9/c1-27(2)17-12-8-9-7-11-10(18(30)24(36)28(3)4)5-6-13(29)15(11)19(31)14(9)21(33)25(12,37)22(34)16(20(17)32)23(26)35/h5-6,9,12,14,16-17,29,37H,7-8H2,1-4H3,(H2,26,35)/t9-,12-,14?,16?,17-,25-/m0/s1. The Morgan fingerprint density at radius 2 is 1.65 bits per heavy atom. The summed E-state index contributed by atoms with van der Waals surface area (Å²) in [4.78, 5) is 93.3. The van der Waals surface area contributed by atoms with Crippen molar-refractivity contribution >= 4 is 40.7 Å². The number of rotatable bonds is 4.